The maximum Gasteiger partial charge on any atom is 0.140 e. The van der Waals surface area contributed by atoms with Crippen LogP contribution in [0.5, 0.6) is 0 Å². The second kappa shape index (κ2) is 6.48. The zero-order chi connectivity index (χ0) is 13.7. The minimum absolute atomic E-state index is 0.343. The first kappa shape index (κ1) is 14.5. The Morgan fingerprint density at radius 2 is 2.11 bits per heavy atom. The van der Waals surface area contributed by atoms with Crippen molar-refractivity contribution in [2.45, 2.75) is 57.7 Å². The maximum absolute atomic E-state index is 4.34. The standard InChI is InChI=1S/C14H27N5/c1-4-9-19-13(16-12-17-19)10-15-11-14(18(2)3)7-5-6-8-14/h12,15H,4-11H2,1-3H3. The molecule has 108 valence electrons. The van der Waals surface area contributed by atoms with Gasteiger partial charge in [0.2, 0.25) is 0 Å². The Kier molecular flexibility index (Phi) is 4.93. The van der Waals surface area contributed by atoms with Gasteiger partial charge in [0.25, 0.3) is 0 Å². The van der Waals surface area contributed by atoms with Gasteiger partial charge in [-0.1, -0.05) is 19.8 Å². The highest BCUT2D eigenvalue weighted by molar-refractivity contribution is 4.95. The Bertz CT molecular complexity index is 379. The second-order valence-corrected chi connectivity index (χ2v) is 5.83. The van der Waals surface area contributed by atoms with Gasteiger partial charge in [-0.2, -0.15) is 5.10 Å². The van der Waals surface area contributed by atoms with Crippen molar-refractivity contribution >= 4 is 0 Å². The fourth-order valence-electron chi connectivity index (χ4n) is 3.05. The molecular formula is C14H27N5. The lowest BCUT2D eigenvalue weighted by Crippen LogP contribution is -2.49. The van der Waals surface area contributed by atoms with E-state index in [0.29, 0.717) is 5.54 Å². The van der Waals surface area contributed by atoms with Crippen LogP contribution in [0.25, 0.3) is 0 Å². The molecule has 5 nitrogen and oxygen atoms in total. The Morgan fingerprint density at radius 1 is 1.37 bits per heavy atom. The van der Waals surface area contributed by atoms with Crippen LogP contribution in [0, 0.1) is 0 Å². The third-order valence-electron chi connectivity index (χ3n) is 4.35. The van der Waals surface area contributed by atoms with Crippen LogP contribution in [0.4, 0.5) is 0 Å². The van der Waals surface area contributed by atoms with Crippen LogP contribution in [0.2, 0.25) is 0 Å². The number of aromatic nitrogens is 3. The summed E-state index contributed by atoms with van der Waals surface area (Å²) in [4.78, 5) is 6.73. The molecule has 1 fully saturated rings. The highest BCUT2D eigenvalue weighted by Crippen LogP contribution is 2.33. The van der Waals surface area contributed by atoms with E-state index in [4.69, 9.17) is 0 Å². The van der Waals surface area contributed by atoms with Crippen LogP contribution < -0.4 is 5.32 Å². The van der Waals surface area contributed by atoms with Gasteiger partial charge in [0.05, 0.1) is 6.54 Å². The molecule has 1 aromatic rings. The summed E-state index contributed by atoms with van der Waals surface area (Å²) in [6, 6.07) is 0. The predicted octanol–water partition coefficient (Wildman–Crippen LogP) is 1.65. The van der Waals surface area contributed by atoms with Gasteiger partial charge >= 0.3 is 0 Å². The van der Waals surface area contributed by atoms with Crippen LogP contribution in [0.15, 0.2) is 6.33 Å². The number of hydrogen-bond donors (Lipinski definition) is 1. The first-order chi connectivity index (χ1) is 9.18. The molecule has 0 spiro atoms. The highest BCUT2D eigenvalue weighted by Gasteiger charge is 2.35. The van der Waals surface area contributed by atoms with E-state index in [0.717, 1.165) is 31.9 Å². The quantitative estimate of drug-likeness (QED) is 0.814. The summed E-state index contributed by atoms with van der Waals surface area (Å²) in [5.41, 5.74) is 0.343. The average molecular weight is 265 g/mol. The largest absolute Gasteiger partial charge is 0.308 e. The molecule has 0 radical (unpaired) electrons. The molecule has 0 atom stereocenters. The van der Waals surface area contributed by atoms with Gasteiger partial charge in [0.1, 0.15) is 12.2 Å². The normalized spacial score (nSPS) is 18.3. The molecule has 1 saturated carbocycles. The average Bonchev–Trinajstić information content (AvgIpc) is 3.01. The van der Waals surface area contributed by atoms with Crippen molar-refractivity contribution in [2.24, 2.45) is 0 Å². The lowest BCUT2D eigenvalue weighted by molar-refractivity contribution is 0.153. The SMILES string of the molecule is CCCn1ncnc1CNCC1(N(C)C)CCCC1. The Morgan fingerprint density at radius 3 is 2.74 bits per heavy atom. The summed E-state index contributed by atoms with van der Waals surface area (Å²) < 4.78 is 2.00. The van der Waals surface area contributed by atoms with Crippen molar-refractivity contribution in [1.82, 2.24) is 25.0 Å². The molecule has 1 aliphatic rings. The van der Waals surface area contributed by atoms with Gasteiger partial charge in [-0.05, 0) is 33.4 Å². The topological polar surface area (TPSA) is 46.0 Å². The molecule has 0 bridgehead atoms. The zero-order valence-electron chi connectivity index (χ0n) is 12.5. The van der Waals surface area contributed by atoms with Crippen LogP contribution in [-0.4, -0.2) is 45.8 Å². The molecule has 0 amide bonds. The van der Waals surface area contributed by atoms with Gasteiger partial charge in [-0.3, -0.25) is 0 Å². The first-order valence-corrected chi connectivity index (χ1v) is 7.43. The van der Waals surface area contributed by atoms with Crippen LogP contribution >= 0.6 is 0 Å². The Labute approximate surface area is 116 Å². The fraction of sp³-hybridized carbons (Fsp3) is 0.857. The Hall–Kier alpha value is -0.940. The lowest BCUT2D eigenvalue weighted by atomic mass is 9.96. The van der Waals surface area contributed by atoms with E-state index in [1.54, 1.807) is 6.33 Å². The highest BCUT2D eigenvalue weighted by atomic mass is 15.3. The van der Waals surface area contributed by atoms with E-state index in [2.05, 4.69) is 41.3 Å². The maximum atomic E-state index is 4.34. The van der Waals surface area contributed by atoms with Crippen molar-refractivity contribution in [1.29, 1.82) is 0 Å². The molecule has 0 aliphatic heterocycles. The van der Waals surface area contributed by atoms with Crippen LogP contribution in [-0.2, 0) is 13.1 Å². The van der Waals surface area contributed by atoms with Crippen LogP contribution in [0.1, 0.15) is 44.9 Å². The number of nitrogens with zero attached hydrogens (tertiary/aromatic N) is 4. The molecule has 0 aromatic carbocycles. The van der Waals surface area contributed by atoms with Gasteiger partial charge in [-0.25, -0.2) is 9.67 Å². The van der Waals surface area contributed by atoms with Crippen molar-refractivity contribution in [3.63, 3.8) is 0 Å². The van der Waals surface area contributed by atoms with E-state index >= 15 is 0 Å². The van der Waals surface area contributed by atoms with E-state index in [1.807, 2.05) is 4.68 Å². The van der Waals surface area contributed by atoms with Gasteiger partial charge < -0.3 is 10.2 Å². The summed E-state index contributed by atoms with van der Waals surface area (Å²) in [6.45, 7) is 4.98. The summed E-state index contributed by atoms with van der Waals surface area (Å²) in [6.07, 6.45) is 8.06. The summed E-state index contributed by atoms with van der Waals surface area (Å²) in [7, 11) is 4.40. The smallest absolute Gasteiger partial charge is 0.140 e. The minimum atomic E-state index is 0.343. The molecule has 0 saturated heterocycles. The minimum Gasteiger partial charge on any atom is -0.308 e. The van der Waals surface area contributed by atoms with Gasteiger partial charge in [0.15, 0.2) is 0 Å². The molecule has 2 rings (SSSR count). The van der Waals surface area contributed by atoms with Crippen molar-refractivity contribution in [3.8, 4) is 0 Å². The summed E-state index contributed by atoms with van der Waals surface area (Å²) in [5, 5.41) is 7.85. The number of aryl methyl sites for hydroxylation is 1. The third-order valence-corrected chi connectivity index (χ3v) is 4.35. The zero-order valence-corrected chi connectivity index (χ0v) is 12.5. The van der Waals surface area contributed by atoms with Crippen molar-refractivity contribution in [2.75, 3.05) is 20.6 Å². The summed E-state index contributed by atoms with van der Waals surface area (Å²) >= 11 is 0. The molecule has 19 heavy (non-hydrogen) atoms. The molecular weight excluding hydrogens is 238 g/mol. The number of likely N-dealkylation sites (N-methyl/N-ethyl adjacent to an activating group) is 1. The van der Waals surface area contributed by atoms with E-state index in [9.17, 15) is 0 Å². The first-order valence-electron chi connectivity index (χ1n) is 7.43. The van der Waals surface area contributed by atoms with Gasteiger partial charge in [0, 0.05) is 18.6 Å². The van der Waals surface area contributed by atoms with E-state index in [1.165, 1.54) is 25.7 Å². The number of rotatable bonds is 7. The predicted molar refractivity (Wildman–Crippen MR) is 76.9 cm³/mol. The number of nitrogens with one attached hydrogen (secondary N) is 1. The van der Waals surface area contributed by atoms with Crippen molar-refractivity contribution < 1.29 is 0 Å². The van der Waals surface area contributed by atoms with Crippen molar-refractivity contribution in [3.05, 3.63) is 12.2 Å². The number of hydrogen-bond acceptors (Lipinski definition) is 4. The molecule has 1 N–H and O–H groups in total. The summed E-state index contributed by atoms with van der Waals surface area (Å²) in [5.74, 6) is 1.05. The van der Waals surface area contributed by atoms with Gasteiger partial charge in [-0.15, -0.1) is 0 Å². The Balaban J connectivity index is 1.86. The molecule has 1 aromatic heterocycles. The van der Waals surface area contributed by atoms with E-state index < -0.39 is 0 Å². The molecule has 1 aliphatic carbocycles. The molecule has 5 heteroatoms. The molecule has 0 unspecified atom stereocenters. The molecule has 1 heterocycles. The monoisotopic (exact) mass is 265 g/mol. The van der Waals surface area contributed by atoms with E-state index in [-0.39, 0.29) is 0 Å². The third kappa shape index (κ3) is 3.34. The lowest BCUT2D eigenvalue weighted by Gasteiger charge is -2.36. The van der Waals surface area contributed by atoms with Crippen LogP contribution in [0.3, 0.4) is 0 Å². The second-order valence-electron chi connectivity index (χ2n) is 5.83. The fourth-order valence-corrected chi connectivity index (χ4v) is 3.05.